The first kappa shape index (κ1) is 19.1. The molecule has 3 aliphatic heterocycles. The van der Waals surface area contributed by atoms with E-state index in [0.717, 1.165) is 35.1 Å². The van der Waals surface area contributed by atoms with Gasteiger partial charge in [-0.05, 0) is 24.1 Å². The van der Waals surface area contributed by atoms with E-state index in [0.29, 0.717) is 23.7 Å². The van der Waals surface area contributed by atoms with Gasteiger partial charge in [-0.25, -0.2) is 0 Å². The number of rotatable bonds is 4. The summed E-state index contributed by atoms with van der Waals surface area (Å²) in [7, 11) is 0. The Bertz CT molecular complexity index is 835. The van der Waals surface area contributed by atoms with Crippen molar-refractivity contribution in [1.29, 1.82) is 0 Å². The molecule has 0 saturated carbocycles. The molecule has 0 bridgehead atoms. The van der Waals surface area contributed by atoms with Crippen molar-refractivity contribution < 1.29 is 19.2 Å². The minimum absolute atomic E-state index is 0.117. The lowest BCUT2D eigenvalue weighted by molar-refractivity contribution is -0.136. The van der Waals surface area contributed by atoms with E-state index in [1.165, 1.54) is 0 Å². The summed E-state index contributed by atoms with van der Waals surface area (Å²) in [5.74, 6) is 0.215. The summed E-state index contributed by atoms with van der Waals surface area (Å²) in [6.45, 7) is 2.51. The Balaban J connectivity index is 1.47. The predicted molar refractivity (Wildman–Crippen MR) is 104 cm³/mol. The van der Waals surface area contributed by atoms with E-state index in [4.69, 9.17) is 0 Å². The molecule has 3 N–H and O–H groups in total. The number of nitrogens with one attached hydrogen (secondary N) is 3. The van der Waals surface area contributed by atoms with Crippen molar-refractivity contribution in [1.82, 2.24) is 20.9 Å². The summed E-state index contributed by atoms with van der Waals surface area (Å²) in [6, 6.07) is 4.63. The van der Waals surface area contributed by atoms with E-state index in [9.17, 15) is 19.2 Å². The molecule has 2 fully saturated rings. The summed E-state index contributed by atoms with van der Waals surface area (Å²) in [5.41, 5.74) is 1.55. The van der Waals surface area contributed by atoms with Crippen LogP contribution in [0.3, 0.4) is 0 Å². The summed E-state index contributed by atoms with van der Waals surface area (Å²) >= 11 is 1.90. The van der Waals surface area contributed by atoms with Crippen LogP contribution in [0.25, 0.3) is 0 Å². The van der Waals surface area contributed by atoms with Crippen LogP contribution in [-0.4, -0.2) is 65.2 Å². The van der Waals surface area contributed by atoms with Crippen molar-refractivity contribution in [2.24, 2.45) is 0 Å². The standard InChI is InChI=1S/C19H22N4O4S/c24-16-4-3-15(17(25)22-16)23-18(26)13-2-1-11(7-14(13)19(23)27)8-21-12-9-20-5-6-28-10-12/h1-2,7,12,15,20-21H,3-6,8-10H2,(H,22,24,25). The second-order valence-electron chi connectivity index (χ2n) is 7.18. The minimum Gasteiger partial charge on any atom is -0.314 e. The van der Waals surface area contributed by atoms with Gasteiger partial charge in [-0.15, -0.1) is 0 Å². The van der Waals surface area contributed by atoms with Gasteiger partial charge >= 0.3 is 0 Å². The maximum absolute atomic E-state index is 12.8. The number of hydrogen-bond donors (Lipinski definition) is 3. The van der Waals surface area contributed by atoms with E-state index < -0.39 is 23.8 Å². The Kier molecular flexibility index (Phi) is 5.47. The van der Waals surface area contributed by atoms with Crippen LogP contribution < -0.4 is 16.0 Å². The van der Waals surface area contributed by atoms with E-state index in [1.54, 1.807) is 12.1 Å². The van der Waals surface area contributed by atoms with E-state index in [1.807, 2.05) is 17.8 Å². The van der Waals surface area contributed by atoms with Gasteiger partial charge in [0.25, 0.3) is 11.8 Å². The number of thioether (sulfide) groups is 1. The zero-order valence-electron chi connectivity index (χ0n) is 15.3. The summed E-state index contributed by atoms with van der Waals surface area (Å²) < 4.78 is 0. The third-order valence-electron chi connectivity index (χ3n) is 5.23. The van der Waals surface area contributed by atoms with Crippen LogP contribution in [-0.2, 0) is 16.1 Å². The first-order chi connectivity index (χ1) is 13.5. The molecule has 0 aromatic heterocycles. The van der Waals surface area contributed by atoms with Gasteiger partial charge in [-0.1, -0.05) is 6.07 Å². The largest absolute Gasteiger partial charge is 0.314 e. The van der Waals surface area contributed by atoms with Crippen molar-refractivity contribution in [2.75, 3.05) is 24.6 Å². The average molecular weight is 402 g/mol. The number of piperidine rings is 1. The van der Waals surface area contributed by atoms with Crippen LogP contribution in [0, 0.1) is 0 Å². The van der Waals surface area contributed by atoms with Crippen LogP contribution in [0.15, 0.2) is 18.2 Å². The highest BCUT2D eigenvalue weighted by Crippen LogP contribution is 2.28. The topological polar surface area (TPSA) is 108 Å². The number of nitrogens with zero attached hydrogens (tertiary/aromatic N) is 1. The molecule has 8 nitrogen and oxygen atoms in total. The lowest BCUT2D eigenvalue weighted by Crippen LogP contribution is -2.54. The number of hydrogen-bond acceptors (Lipinski definition) is 7. The normalized spacial score (nSPS) is 25.5. The van der Waals surface area contributed by atoms with Crippen molar-refractivity contribution in [3.63, 3.8) is 0 Å². The number of carbonyl (C=O) groups is 4. The van der Waals surface area contributed by atoms with Crippen molar-refractivity contribution in [3.05, 3.63) is 34.9 Å². The highest BCUT2D eigenvalue weighted by molar-refractivity contribution is 7.99. The average Bonchev–Trinajstić information content (AvgIpc) is 2.86. The molecule has 1 aromatic rings. The van der Waals surface area contributed by atoms with Gasteiger partial charge in [0.05, 0.1) is 11.1 Å². The molecule has 28 heavy (non-hydrogen) atoms. The zero-order valence-corrected chi connectivity index (χ0v) is 16.1. The van der Waals surface area contributed by atoms with Crippen molar-refractivity contribution in [3.8, 4) is 0 Å². The van der Waals surface area contributed by atoms with E-state index in [-0.39, 0.29) is 18.7 Å². The number of amides is 4. The molecule has 2 unspecified atom stereocenters. The van der Waals surface area contributed by atoms with Gasteiger partial charge in [-0.2, -0.15) is 11.8 Å². The molecule has 0 radical (unpaired) electrons. The Morgan fingerprint density at radius 3 is 2.79 bits per heavy atom. The maximum Gasteiger partial charge on any atom is 0.262 e. The smallest absolute Gasteiger partial charge is 0.262 e. The molecule has 0 spiro atoms. The maximum atomic E-state index is 12.8. The number of imide groups is 2. The molecule has 4 amide bonds. The molecule has 1 aromatic carbocycles. The van der Waals surface area contributed by atoms with Gasteiger partial charge in [0, 0.05) is 43.6 Å². The Hall–Kier alpha value is -2.23. The van der Waals surface area contributed by atoms with Crippen LogP contribution >= 0.6 is 11.8 Å². The number of benzene rings is 1. The highest BCUT2D eigenvalue weighted by atomic mass is 32.2. The number of fused-ring (bicyclic) bond motifs is 1. The Labute approximate surface area is 166 Å². The lowest BCUT2D eigenvalue weighted by atomic mass is 10.0. The molecule has 3 aliphatic rings. The molecular formula is C19H22N4O4S. The van der Waals surface area contributed by atoms with E-state index >= 15 is 0 Å². The molecule has 0 aliphatic carbocycles. The first-order valence-corrected chi connectivity index (χ1v) is 10.6. The van der Waals surface area contributed by atoms with Gasteiger partial charge in [0.2, 0.25) is 11.8 Å². The predicted octanol–water partition coefficient (Wildman–Crippen LogP) is -0.118. The van der Waals surface area contributed by atoms with Crippen LogP contribution in [0.2, 0.25) is 0 Å². The molecule has 2 saturated heterocycles. The minimum atomic E-state index is -0.930. The molecule has 148 valence electrons. The lowest BCUT2D eigenvalue weighted by Gasteiger charge is -2.27. The summed E-state index contributed by atoms with van der Waals surface area (Å²) in [6.07, 6.45) is 0.281. The monoisotopic (exact) mass is 402 g/mol. The van der Waals surface area contributed by atoms with Crippen LogP contribution in [0.1, 0.15) is 39.1 Å². The first-order valence-electron chi connectivity index (χ1n) is 9.41. The number of carbonyl (C=O) groups excluding carboxylic acids is 4. The van der Waals surface area contributed by atoms with Crippen molar-refractivity contribution in [2.45, 2.75) is 31.5 Å². The zero-order chi connectivity index (χ0) is 19.7. The molecule has 3 heterocycles. The van der Waals surface area contributed by atoms with Crippen LogP contribution in [0.5, 0.6) is 0 Å². The Morgan fingerprint density at radius 2 is 1.96 bits per heavy atom. The third-order valence-corrected chi connectivity index (χ3v) is 6.36. The summed E-state index contributed by atoms with van der Waals surface area (Å²) in [5, 5.41) is 9.08. The fourth-order valence-electron chi connectivity index (χ4n) is 3.73. The third kappa shape index (κ3) is 3.69. The highest BCUT2D eigenvalue weighted by Gasteiger charge is 2.44. The fraction of sp³-hybridized carbons (Fsp3) is 0.474. The Morgan fingerprint density at radius 1 is 1.14 bits per heavy atom. The SMILES string of the molecule is O=C1CCC(N2C(=O)c3ccc(CNC4CNCCSC4)cc3C2=O)C(=O)N1. The molecule has 9 heteroatoms. The van der Waals surface area contributed by atoms with Crippen molar-refractivity contribution >= 4 is 35.4 Å². The van der Waals surface area contributed by atoms with Gasteiger partial charge in [-0.3, -0.25) is 29.4 Å². The van der Waals surface area contributed by atoms with Gasteiger partial charge in [0.1, 0.15) is 6.04 Å². The summed E-state index contributed by atoms with van der Waals surface area (Å²) in [4.78, 5) is 50.0. The quantitative estimate of drug-likeness (QED) is 0.603. The second-order valence-corrected chi connectivity index (χ2v) is 8.33. The molecule has 2 atom stereocenters. The second kappa shape index (κ2) is 8.02. The fourth-order valence-corrected chi connectivity index (χ4v) is 4.70. The molecular weight excluding hydrogens is 380 g/mol. The van der Waals surface area contributed by atoms with Gasteiger partial charge < -0.3 is 10.6 Å². The van der Waals surface area contributed by atoms with E-state index in [2.05, 4.69) is 16.0 Å². The molecule has 4 rings (SSSR count). The van der Waals surface area contributed by atoms with Gasteiger partial charge in [0.15, 0.2) is 0 Å². The van der Waals surface area contributed by atoms with Crippen LogP contribution in [0.4, 0.5) is 0 Å².